The van der Waals surface area contributed by atoms with Crippen LogP contribution in [0.25, 0.3) is 0 Å². The van der Waals surface area contributed by atoms with Gasteiger partial charge in [0.25, 0.3) is 0 Å². The SMILES string of the molecule is CCC(C)Sc1c(F)cc(CNC(C)C)cc1F. The van der Waals surface area contributed by atoms with Gasteiger partial charge in [-0.15, -0.1) is 11.8 Å². The summed E-state index contributed by atoms with van der Waals surface area (Å²) < 4.78 is 27.7. The Morgan fingerprint density at radius 2 is 1.72 bits per heavy atom. The molecule has 0 fully saturated rings. The maximum absolute atomic E-state index is 13.8. The van der Waals surface area contributed by atoms with Crippen LogP contribution in [0, 0.1) is 11.6 Å². The van der Waals surface area contributed by atoms with Crippen LogP contribution >= 0.6 is 11.8 Å². The van der Waals surface area contributed by atoms with Crippen molar-refractivity contribution in [3.63, 3.8) is 0 Å². The van der Waals surface area contributed by atoms with Gasteiger partial charge in [-0.1, -0.05) is 27.7 Å². The first-order valence-corrected chi connectivity index (χ1v) is 7.20. The fourth-order valence-corrected chi connectivity index (χ4v) is 2.35. The van der Waals surface area contributed by atoms with Gasteiger partial charge in [-0.2, -0.15) is 0 Å². The molecule has 0 saturated carbocycles. The highest BCUT2D eigenvalue weighted by Crippen LogP contribution is 2.30. The van der Waals surface area contributed by atoms with Gasteiger partial charge in [-0.05, 0) is 24.1 Å². The first kappa shape index (κ1) is 15.4. The molecule has 4 heteroatoms. The molecule has 0 spiro atoms. The third kappa shape index (κ3) is 4.58. The normalized spacial score (nSPS) is 13.1. The van der Waals surface area contributed by atoms with E-state index in [1.54, 1.807) is 0 Å². The molecule has 0 bridgehead atoms. The van der Waals surface area contributed by atoms with Crippen molar-refractivity contribution in [3.8, 4) is 0 Å². The van der Waals surface area contributed by atoms with Crippen molar-refractivity contribution in [3.05, 3.63) is 29.3 Å². The number of rotatable bonds is 6. The topological polar surface area (TPSA) is 12.0 Å². The second-order valence-corrected chi connectivity index (χ2v) is 6.21. The van der Waals surface area contributed by atoms with Crippen LogP contribution in [0.5, 0.6) is 0 Å². The van der Waals surface area contributed by atoms with Crippen LogP contribution in [0.4, 0.5) is 8.78 Å². The van der Waals surface area contributed by atoms with E-state index in [1.807, 2.05) is 27.7 Å². The Morgan fingerprint density at radius 1 is 1.17 bits per heavy atom. The number of hydrogen-bond donors (Lipinski definition) is 1. The maximum atomic E-state index is 13.8. The third-order valence-electron chi connectivity index (χ3n) is 2.67. The number of nitrogens with one attached hydrogen (secondary N) is 1. The van der Waals surface area contributed by atoms with Gasteiger partial charge in [-0.25, -0.2) is 8.78 Å². The van der Waals surface area contributed by atoms with Crippen molar-refractivity contribution in [2.45, 2.75) is 56.8 Å². The Labute approximate surface area is 112 Å². The van der Waals surface area contributed by atoms with Crippen LogP contribution in [0.2, 0.25) is 0 Å². The van der Waals surface area contributed by atoms with Gasteiger partial charge >= 0.3 is 0 Å². The summed E-state index contributed by atoms with van der Waals surface area (Å²) in [6, 6.07) is 3.14. The van der Waals surface area contributed by atoms with Crippen molar-refractivity contribution >= 4 is 11.8 Å². The first-order valence-electron chi connectivity index (χ1n) is 6.32. The van der Waals surface area contributed by atoms with E-state index in [1.165, 1.54) is 23.9 Å². The lowest BCUT2D eigenvalue weighted by Crippen LogP contribution is -2.22. The Bertz CT molecular complexity index is 370. The van der Waals surface area contributed by atoms with Gasteiger partial charge in [-0.3, -0.25) is 0 Å². The van der Waals surface area contributed by atoms with Crippen LogP contribution in [0.1, 0.15) is 39.7 Å². The summed E-state index contributed by atoms with van der Waals surface area (Å²) in [5.41, 5.74) is 0.646. The van der Waals surface area contributed by atoms with E-state index in [2.05, 4.69) is 5.32 Å². The van der Waals surface area contributed by atoms with E-state index in [4.69, 9.17) is 0 Å². The first-order chi connectivity index (χ1) is 8.43. The van der Waals surface area contributed by atoms with Gasteiger partial charge in [0.1, 0.15) is 11.6 Å². The molecule has 18 heavy (non-hydrogen) atoms. The zero-order chi connectivity index (χ0) is 13.7. The van der Waals surface area contributed by atoms with Crippen LogP contribution in [0.3, 0.4) is 0 Å². The largest absolute Gasteiger partial charge is 0.310 e. The smallest absolute Gasteiger partial charge is 0.140 e. The van der Waals surface area contributed by atoms with Gasteiger partial charge < -0.3 is 5.32 Å². The highest BCUT2D eigenvalue weighted by atomic mass is 32.2. The molecule has 0 amide bonds. The molecule has 1 rings (SSSR count). The predicted molar refractivity (Wildman–Crippen MR) is 73.9 cm³/mol. The second-order valence-electron chi connectivity index (χ2n) is 4.76. The molecule has 0 radical (unpaired) electrons. The summed E-state index contributed by atoms with van der Waals surface area (Å²) in [5, 5.41) is 3.36. The Morgan fingerprint density at radius 3 is 2.17 bits per heavy atom. The van der Waals surface area contributed by atoms with Crippen molar-refractivity contribution in [2.75, 3.05) is 0 Å². The highest BCUT2D eigenvalue weighted by Gasteiger charge is 2.14. The monoisotopic (exact) mass is 273 g/mol. The molecule has 0 aliphatic heterocycles. The van der Waals surface area contributed by atoms with E-state index in [0.717, 1.165) is 6.42 Å². The Balaban J connectivity index is 2.83. The average molecular weight is 273 g/mol. The molecule has 1 atom stereocenters. The van der Waals surface area contributed by atoms with Crippen LogP contribution < -0.4 is 5.32 Å². The predicted octanol–water partition coefficient (Wildman–Crippen LogP) is 4.35. The molecule has 0 saturated heterocycles. The fourth-order valence-electron chi connectivity index (χ4n) is 1.43. The molecule has 1 unspecified atom stereocenters. The minimum atomic E-state index is -0.458. The molecular formula is C14H21F2NS. The minimum Gasteiger partial charge on any atom is -0.310 e. The summed E-state index contributed by atoms with van der Waals surface area (Å²) in [5.74, 6) is -0.915. The van der Waals surface area contributed by atoms with Gasteiger partial charge in [0, 0.05) is 17.8 Å². The lowest BCUT2D eigenvalue weighted by atomic mass is 10.2. The van der Waals surface area contributed by atoms with Crippen molar-refractivity contribution in [2.24, 2.45) is 0 Å². The zero-order valence-corrected chi connectivity index (χ0v) is 12.2. The van der Waals surface area contributed by atoms with Crippen molar-refractivity contribution in [1.29, 1.82) is 0 Å². The van der Waals surface area contributed by atoms with Crippen molar-refractivity contribution in [1.82, 2.24) is 5.32 Å². The maximum Gasteiger partial charge on any atom is 0.140 e. The molecule has 0 heterocycles. The van der Waals surface area contributed by atoms with Gasteiger partial charge in [0.05, 0.1) is 4.90 Å². The number of hydrogen-bond acceptors (Lipinski definition) is 2. The van der Waals surface area contributed by atoms with E-state index in [-0.39, 0.29) is 10.1 Å². The number of halogens is 2. The summed E-state index contributed by atoms with van der Waals surface area (Å²) >= 11 is 1.26. The summed E-state index contributed by atoms with van der Waals surface area (Å²) in [6.07, 6.45) is 0.889. The molecule has 102 valence electrons. The number of thioether (sulfide) groups is 1. The van der Waals surface area contributed by atoms with E-state index in [9.17, 15) is 8.78 Å². The van der Waals surface area contributed by atoms with Crippen molar-refractivity contribution < 1.29 is 8.78 Å². The molecule has 0 aliphatic carbocycles. The van der Waals surface area contributed by atoms with E-state index >= 15 is 0 Å². The summed E-state index contributed by atoms with van der Waals surface area (Å²) in [6.45, 7) is 8.46. The zero-order valence-electron chi connectivity index (χ0n) is 11.4. The number of benzene rings is 1. The lowest BCUT2D eigenvalue weighted by Gasteiger charge is -2.13. The van der Waals surface area contributed by atoms with Gasteiger partial charge in [0.15, 0.2) is 0 Å². The molecule has 1 nitrogen and oxygen atoms in total. The molecule has 1 aromatic carbocycles. The van der Waals surface area contributed by atoms with Gasteiger partial charge in [0.2, 0.25) is 0 Å². The average Bonchev–Trinajstić information content (AvgIpc) is 2.30. The molecule has 1 aromatic rings. The summed E-state index contributed by atoms with van der Waals surface area (Å²) in [4.78, 5) is 0.137. The lowest BCUT2D eigenvalue weighted by molar-refractivity contribution is 0.528. The van der Waals surface area contributed by atoms with Crippen LogP contribution in [-0.2, 0) is 6.54 Å². The minimum absolute atomic E-state index is 0.137. The van der Waals surface area contributed by atoms with Crippen LogP contribution in [-0.4, -0.2) is 11.3 Å². The summed E-state index contributed by atoms with van der Waals surface area (Å²) in [7, 11) is 0. The standard InChI is InChI=1S/C14H21F2NS/c1-5-10(4)18-14-12(15)6-11(7-13(14)16)8-17-9(2)3/h6-7,9-10,17H,5,8H2,1-4H3. The highest BCUT2D eigenvalue weighted by molar-refractivity contribution is 8.00. The second kappa shape index (κ2) is 7.10. The Kier molecular flexibility index (Phi) is 6.09. The molecule has 0 aromatic heterocycles. The quantitative estimate of drug-likeness (QED) is 0.773. The molecule has 0 aliphatic rings. The van der Waals surface area contributed by atoms with E-state index in [0.29, 0.717) is 18.2 Å². The molecule has 1 N–H and O–H groups in total. The van der Waals surface area contributed by atoms with E-state index < -0.39 is 11.6 Å². The fraction of sp³-hybridized carbons (Fsp3) is 0.571. The molecular weight excluding hydrogens is 252 g/mol. The Hall–Kier alpha value is -0.610. The van der Waals surface area contributed by atoms with Crippen LogP contribution in [0.15, 0.2) is 17.0 Å². The third-order valence-corrected chi connectivity index (χ3v) is 4.03.